The van der Waals surface area contributed by atoms with Crippen LogP contribution in [0, 0.1) is 5.82 Å². The first-order valence-electron chi connectivity index (χ1n) is 11.7. The standard InChI is InChI=1S/C25H23BF6N5O2/c1-11(13-5-14(24(30,31)32)7-15(27)6-13)34-17-8-18-21(20-12(2)33-9-16(17)20)37-22(36(18)10-19(28)29)35-23(3,4)26-25(37,38)39/h5-8,19,33-34,38-39H,1-2,9-10H2,3-4H3. The van der Waals surface area contributed by atoms with Gasteiger partial charge in [0, 0.05) is 45.8 Å². The Hall–Kier alpha value is -3.65. The fourth-order valence-electron chi connectivity index (χ4n) is 5.09. The third-order valence-electron chi connectivity index (χ3n) is 6.57. The first-order chi connectivity index (χ1) is 18.0. The number of nitrogens with zero attached hydrogens (tertiary/aromatic N) is 3. The Balaban J connectivity index is 1.66. The van der Waals surface area contributed by atoms with E-state index < -0.39 is 41.8 Å². The molecule has 0 atom stereocenters. The summed E-state index contributed by atoms with van der Waals surface area (Å²) in [5.74, 6) is -3.84. The summed E-state index contributed by atoms with van der Waals surface area (Å²) in [5.41, 5.74) is -0.808. The summed E-state index contributed by atoms with van der Waals surface area (Å²) >= 11 is 0. The van der Waals surface area contributed by atoms with Gasteiger partial charge in [0.25, 0.3) is 13.7 Å². The largest absolute Gasteiger partial charge is 0.416 e. The second-order valence-electron chi connectivity index (χ2n) is 10.0. The Morgan fingerprint density at radius 2 is 1.92 bits per heavy atom. The highest BCUT2D eigenvalue weighted by atomic mass is 19.4. The molecule has 3 aliphatic rings. The molecule has 2 aromatic carbocycles. The van der Waals surface area contributed by atoms with Crippen LogP contribution in [0.15, 0.2) is 42.4 Å². The zero-order valence-corrected chi connectivity index (χ0v) is 20.8. The first-order valence-corrected chi connectivity index (χ1v) is 11.7. The molecule has 0 unspecified atom stereocenters. The van der Waals surface area contributed by atoms with Crippen molar-refractivity contribution in [2.45, 2.75) is 44.2 Å². The van der Waals surface area contributed by atoms with Crippen molar-refractivity contribution in [2.24, 2.45) is 4.99 Å². The third kappa shape index (κ3) is 4.61. The number of halogens is 6. The molecule has 4 N–H and O–H groups in total. The number of hydrogen-bond acceptors (Lipinski definition) is 7. The molecule has 5 rings (SSSR count). The van der Waals surface area contributed by atoms with Crippen LogP contribution in [0.5, 0.6) is 0 Å². The molecule has 14 heteroatoms. The van der Waals surface area contributed by atoms with Crippen LogP contribution in [0.25, 0.3) is 11.4 Å². The van der Waals surface area contributed by atoms with Crippen molar-refractivity contribution in [3.05, 3.63) is 65.5 Å². The number of aliphatic imine (C=N–C) groups is 1. The predicted octanol–water partition coefficient (Wildman–Crippen LogP) is 4.30. The van der Waals surface area contributed by atoms with Crippen LogP contribution in [0.1, 0.15) is 36.1 Å². The lowest BCUT2D eigenvalue weighted by molar-refractivity contribution is -0.137. The third-order valence-corrected chi connectivity index (χ3v) is 6.57. The Bertz CT molecular complexity index is 1440. The van der Waals surface area contributed by atoms with Crippen LogP contribution in [-0.2, 0) is 12.7 Å². The summed E-state index contributed by atoms with van der Waals surface area (Å²) < 4.78 is 81.3. The number of benzene rings is 2. The Kier molecular flexibility index (Phi) is 6.00. The molecular formula is C25H23BF6N5O2. The van der Waals surface area contributed by atoms with Crippen molar-refractivity contribution in [2.75, 3.05) is 21.7 Å². The van der Waals surface area contributed by atoms with Crippen molar-refractivity contribution >= 4 is 41.7 Å². The molecule has 205 valence electrons. The number of nitrogens with one attached hydrogen (secondary N) is 2. The van der Waals surface area contributed by atoms with Crippen molar-refractivity contribution in [3.63, 3.8) is 0 Å². The second-order valence-corrected chi connectivity index (χ2v) is 10.0. The number of rotatable bonds is 5. The molecule has 0 spiro atoms. The summed E-state index contributed by atoms with van der Waals surface area (Å²) in [6, 6.07) is 3.43. The lowest BCUT2D eigenvalue weighted by atomic mass is 9.55. The van der Waals surface area contributed by atoms with Gasteiger partial charge in [-0.1, -0.05) is 13.2 Å². The number of fused-ring (bicyclic) bond motifs is 5. The smallest absolute Gasteiger partial charge is 0.381 e. The maximum absolute atomic E-state index is 14.0. The summed E-state index contributed by atoms with van der Waals surface area (Å²) in [7, 11) is 1.16. The van der Waals surface area contributed by atoms with E-state index in [-0.39, 0.29) is 40.8 Å². The molecule has 0 aromatic heterocycles. The molecule has 3 heterocycles. The van der Waals surface area contributed by atoms with Crippen molar-refractivity contribution < 1.29 is 36.6 Å². The minimum Gasteiger partial charge on any atom is -0.381 e. The van der Waals surface area contributed by atoms with Crippen LogP contribution >= 0.6 is 0 Å². The number of hydrogen-bond donors (Lipinski definition) is 4. The van der Waals surface area contributed by atoms with Gasteiger partial charge in [-0.25, -0.2) is 13.2 Å². The van der Waals surface area contributed by atoms with Crippen molar-refractivity contribution in [3.8, 4) is 0 Å². The van der Waals surface area contributed by atoms with Gasteiger partial charge in [-0.15, -0.1) is 0 Å². The predicted molar refractivity (Wildman–Crippen MR) is 137 cm³/mol. The maximum atomic E-state index is 14.0. The van der Waals surface area contributed by atoms with E-state index in [4.69, 9.17) is 0 Å². The van der Waals surface area contributed by atoms with Gasteiger partial charge >= 0.3 is 6.18 Å². The molecule has 1 radical (unpaired) electrons. The SMILES string of the molecule is C=C(Nc1cc2c(c3c1CNC3=C)N1C(=NC(C)(C)[B]C1(O)O)N2CC(F)F)c1cc(F)cc(C(F)(F)F)c1. The highest BCUT2D eigenvalue weighted by molar-refractivity contribution is 6.48. The van der Waals surface area contributed by atoms with Gasteiger partial charge in [-0.3, -0.25) is 9.89 Å². The Morgan fingerprint density at radius 3 is 2.56 bits per heavy atom. The lowest BCUT2D eigenvalue weighted by Gasteiger charge is -2.43. The van der Waals surface area contributed by atoms with E-state index in [1.54, 1.807) is 13.8 Å². The number of anilines is 3. The Morgan fingerprint density at radius 1 is 1.23 bits per heavy atom. The van der Waals surface area contributed by atoms with Gasteiger partial charge in [-0.05, 0) is 38.1 Å². The molecule has 2 aromatic rings. The van der Waals surface area contributed by atoms with E-state index in [0.717, 1.165) is 29.2 Å². The molecular weight excluding hydrogens is 527 g/mol. The molecule has 0 bridgehead atoms. The lowest BCUT2D eigenvalue weighted by Crippen LogP contribution is -2.66. The van der Waals surface area contributed by atoms with Crippen molar-refractivity contribution in [1.82, 2.24) is 5.32 Å². The number of alkyl halides is 5. The van der Waals surface area contributed by atoms with E-state index in [2.05, 4.69) is 28.8 Å². The summed E-state index contributed by atoms with van der Waals surface area (Å²) in [4.78, 5) is 6.65. The normalized spacial score (nSPS) is 18.7. The molecule has 3 aliphatic heterocycles. The molecule has 0 saturated carbocycles. The van der Waals surface area contributed by atoms with Crippen LogP contribution in [0.4, 0.5) is 43.4 Å². The van der Waals surface area contributed by atoms with Crippen molar-refractivity contribution in [1.29, 1.82) is 0 Å². The summed E-state index contributed by atoms with van der Waals surface area (Å²) in [6.45, 7) is 10.2. The maximum Gasteiger partial charge on any atom is 0.416 e. The highest BCUT2D eigenvalue weighted by Gasteiger charge is 2.54. The average molecular weight is 550 g/mol. The van der Waals surface area contributed by atoms with Gasteiger partial charge in [0.15, 0.2) is 0 Å². The molecule has 0 amide bonds. The van der Waals surface area contributed by atoms with Crippen LogP contribution in [0.2, 0.25) is 0 Å². The molecule has 0 aliphatic carbocycles. The summed E-state index contributed by atoms with van der Waals surface area (Å²) in [6.07, 6.45) is -7.63. The molecule has 7 nitrogen and oxygen atoms in total. The molecule has 39 heavy (non-hydrogen) atoms. The molecule has 0 fully saturated rings. The fourth-order valence-corrected chi connectivity index (χ4v) is 5.09. The van der Waals surface area contributed by atoms with Gasteiger partial charge < -0.3 is 25.7 Å². The quantitative estimate of drug-likeness (QED) is 0.253. The Labute approximate surface area is 220 Å². The first kappa shape index (κ1) is 26.9. The van der Waals surface area contributed by atoms with Crippen LogP contribution in [-0.4, -0.2) is 47.7 Å². The zero-order valence-electron chi connectivity index (χ0n) is 20.8. The number of aliphatic hydroxyl groups is 2. The molecule has 0 saturated heterocycles. The van der Waals surface area contributed by atoms with E-state index in [1.165, 1.54) is 6.07 Å². The zero-order chi connectivity index (χ0) is 28.7. The van der Waals surface area contributed by atoms with E-state index in [1.807, 2.05) is 0 Å². The minimum absolute atomic E-state index is 0.0822. The van der Waals surface area contributed by atoms with E-state index in [9.17, 15) is 36.6 Å². The van der Waals surface area contributed by atoms with Gasteiger partial charge in [0.1, 0.15) is 5.82 Å². The second kappa shape index (κ2) is 8.68. The van der Waals surface area contributed by atoms with Crippen LogP contribution in [0.3, 0.4) is 0 Å². The van der Waals surface area contributed by atoms with E-state index in [0.29, 0.717) is 22.9 Å². The summed E-state index contributed by atoms with van der Waals surface area (Å²) in [5, 5.41) is 27.9. The highest BCUT2D eigenvalue weighted by Crippen LogP contribution is 2.52. The fraction of sp³-hybridized carbons (Fsp3) is 0.320. The van der Waals surface area contributed by atoms with Gasteiger partial charge in [0.2, 0.25) is 11.8 Å². The van der Waals surface area contributed by atoms with Gasteiger partial charge in [-0.2, -0.15) is 13.2 Å². The van der Waals surface area contributed by atoms with Gasteiger partial charge in [0.05, 0.1) is 23.5 Å². The minimum atomic E-state index is -4.79. The number of guanidine groups is 1. The topological polar surface area (TPSA) is 83.4 Å². The van der Waals surface area contributed by atoms with Crippen LogP contribution < -0.4 is 20.4 Å². The van der Waals surface area contributed by atoms with E-state index >= 15 is 0 Å². The monoisotopic (exact) mass is 550 g/mol. The average Bonchev–Trinajstić information content (AvgIpc) is 3.30.